The van der Waals surface area contributed by atoms with E-state index < -0.39 is 12.0 Å². The summed E-state index contributed by atoms with van der Waals surface area (Å²) < 4.78 is 0. The molecule has 1 aromatic heterocycles. The molecule has 0 saturated carbocycles. The normalized spacial score (nSPS) is 20.1. The third-order valence-electron chi connectivity index (χ3n) is 2.74. The SMILES string of the molecule is Cc1ncsc1C(=O)N1CCCC1C(=O)O. The van der Waals surface area contributed by atoms with E-state index in [4.69, 9.17) is 5.11 Å². The van der Waals surface area contributed by atoms with Gasteiger partial charge in [-0.25, -0.2) is 9.78 Å². The molecule has 0 bridgehead atoms. The summed E-state index contributed by atoms with van der Waals surface area (Å²) in [5.74, 6) is -1.13. The van der Waals surface area contributed by atoms with Crippen molar-refractivity contribution >= 4 is 23.2 Å². The molecule has 0 spiro atoms. The van der Waals surface area contributed by atoms with Gasteiger partial charge in [0.05, 0.1) is 11.2 Å². The number of thiazole rings is 1. The third kappa shape index (κ3) is 1.80. The molecule has 1 N–H and O–H groups in total. The van der Waals surface area contributed by atoms with Crippen LogP contribution in [0, 0.1) is 6.92 Å². The quantitative estimate of drug-likeness (QED) is 0.841. The number of hydrogen-bond donors (Lipinski definition) is 1. The molecule has 1 aliphatic rings. The Bertz CT molecular complexity index is 429. The molecule has 6 heteroatoms. The van der Waals surface area contributed by atoms with Gasteiger partial charge in [-0.2, -0.15) is 0 Å². The number of aliphatic carboxylic acids is 1. The van der Waals surface area contributed by atoms with Crippen molar-refractivity contribution in [3.8, 4) is 0 Å². The lowest BCUT2D eigenvalue weighted by molar-refractivity contribution is -0.141. The van der Waals surface area contributed by atoms with Crippen LogP contribution in [0.4, 0.5) is 0 Å². The Morgan fingerprint density at radius 2 is 2.38 bits per heavy atom. The number of aromatic nitrogens is 1. The summed E-state index contributed by atoms with van der Waals surface area (Å²) in [5.41, 5.74) is 2.28. The number of aryl methyl sites for hydroxylation is 1. The minimum absolute atomic E-state index is 0.204. The van der Waals surface area contributed by atoms with Crippen molar-refractivity contribution in [1.29, 1.82) is 0 Å². The van der Waals surface area contributed by atoms with Crippen LogP contribution >= 0.6 is 11.3 Å². The molecule has 1 unspecified atom stereocenters. The summed E-state index contributed by atoms with van der Waals surface area (Å²) in [6, 6.07) is -0.672. The average Bonchev–Trinajstić information content (AvgIpc) is 2.84. The highest BCUT2D eigenvalue weighted by molar-refractivity contribution is 7.11. The van der Waals surface area contributed by atoms with E-state index in [9.17, 15) is 9.59 Å². The number of nitrogens with zero attached hydrogens (tertiary/aromatic N) is 2. The van der Waals surface area contributed by atoms with Crippen LogP contribution in [0.15, 0.2) is 5.51 Å². The summed E-state index contributed by atoms with van der Waals surface area (Å²) in [5, 5.41) is 8.99. The van der Waals surface area contributed by atoms with Crippen LogP contribution in [0.5, 0.6) is 0 Å². The van der Waals surface area contributed by atoms with Crippen molar-refractivity contribution in [1.82, 2.24) is 9.88 Å². The fraction of sp³-hybridized carbons (Fsp3) is 0.500. The Morgan fingerprint density at radius 1 is 1.62 bits per heavy atom. The van der Waals surface area contributed by atoms with Gasteiger partial charge in [-0.1, -0.05) is 0 Å². The van der Waals surface area contributed by atoms with Crippen molar-refractivity contribution in [3.63, 3.8) is 0 Å². The van der Waals surface area contributed by atoms with Crippen molar-refractivity contribution in [2.45, 2.75) is 25.8 Å². The van der Waals surface area contributed by atoms with Gasteiger partial charge in [0.15, 0.2) is 0 Å². The minimum Gasteiger partial charge on any atom is -0.480 e. The fourth-order valence-electron chi connectivity index (χ4n) is 1.90. The maximum atomic E-state index is 12.1. The smallest absolute Gasteiger partial charge is 0.326 e. The Kier molecular flexibility index (Phi) is 2.91. The van der Waals surface area contributed by atoms with Gasteiger partial charge in [-0.15, -0.1) is 11.3 Å². The van der Waals surface area contributed by atoms with Crippen LogP contribution in [0.1, 0.15) is 28.2 Å². The maximum absolute atomic E-state index is 12.1. The van der Waals surface area contributed by atoms with E-state index in [0.717, 1.165) is 6.42 Å². The van der Waals surface area contributed by atoms with Gasteiger partial charge >= 0.3 is 5.97 Å². The summed E-state index contributed by atoms with van der Waals surface area (Å²) in [6.45, 7) is 2.28. The van der Waals surface area contributed by atoms with Crippen LogP contribution in [-0.4, -0.2) is 39.5 Å². The van der Waals surface area contributed by atoms with E-state index in [0.29, 0.717) is 23.5 Å². The van der Waals surface area contributed by atoms with Crippen LogP contribution in [0.25, 0.3) is 0 Å². The first-order valence-corrected chi connectivity index (χ1v) is 5.93. The van der Waals surface area contributed by atoms with Crippen molar-refractivity contribution in [2.75, 3.05) is 6.54 Å². The van der Waals surface area contributed by atoms with Crippen LogP contribution in [0.2, 0.25) is 0 Å². The third-order valence-corrected chi connectivity index (χ3v) is 3.66. The van der Waals surface area contributed by atoms with E-state index in [1.807, 2.05) is 0 Å². The standard InChI is InChI=1S/C10H12N2O3S/c1-6-8(16-5-11-6)9(13)12-4-2-3-7(12)10(14)15/h5,7H,2-4H2,1H3,(H,14,15). The zero-order valence-corrected chi connectivity index (χ0v) is 9.66. The lowest BCUT2D eigenvalue weighted by atomic mass is 10.2. The van der Waals surface area contributed by atoms with Gasteiger partial charge in [0, 0.05) is 6.54 Å². The van der Waals surface area contributed by atoms with E-state index in [2.05, 4.69) is 4.98 Å². The number of rotatable bonds is 2. The number of carboxylic acid groups (broad SMARTS) is 1. The van der Waals surface area contributed by atoms with Crippen LogP contribution in [-0.2, 0) is 4.79 Å². The van der Waals surface area contributed by atoms with E-state index in [1.165, 1.54) is 16.2 Å². The molecule has 0 radical (unpaired) electrons. The van der Waals surface area contributed by atoms with Gasteiger partial charge in [-0.05, 0) is 19.8 Å². The van der Waals surface area contributed by atoms with Crippen molar-refractivity contribution < 1.29 is 14.7 Å². The Labute approximate surface area is 96.7 Å². The first kappa shape index (κ1) is 11.1. The Hall–Kier alpha value is -1.43. The molecular formula is C10H12N2O3S. The topological polar surface area (TPSA) is 70.5 Å². The predicted molar refractivity (Wildman–Crippen MR) is 58.5 cm³/mol. The highest BCUT2D eigenvalue weighted by Crippen LogP contribution is 2.23. The summed E-state index contributed by atoms with van der Waals surface area (Å²) in [6.07, 6.45) is 1.29. The number of carboxylic acids is 1. The van der Waals surface area contributed by atoms with Gasteiger partial charge in [0.2, 0.25) is 0 Å². The largest absolute Gasteiger partial charge is 0.480 e. The van der Waals surface area contributed by atoms with E-state index >= 15 is 0 Å². The fourth-order valence-corrected chi connectivity index (χ4v) is 2.66. The van der Waals surface area contributed by atoms with Gasteiger partial charge < -0.3 is 10.0 Å². The summed E-state index contributed by atoms with van der Waals surface area (Å²) in [4.78, 5) is 29.0. The highest BCUT2D eigenvalue weighted by Gasteiger charge is 2.35. The monoisotopic (exact) mass is 240 g/mol. The lowest BCUT2D eigenvalue weighted by Gasteiger charge is -2.20. The van der Waals surface area contributed by atoms with Crippen LogP contribution in [0.3, 0.4) is 0 Å². The van der Waals surface area contributed by atoms with Crippen molar-refractivity contribution in [3.05, 3.63) is 16.1 Å². The molecule has 16 heavy (non-hydrogen) atoms. The highest BCUT2D eigenvalue weighted by atomic mass is 32.1. The molecule has 1 aromatic rings. The molecule has 5 nitrogen and oxygen atoms in total. The number of hydrogen-bond acceptors (Lipinski definition) is 4. The molecular weight excluding hydrogens is 228 g/mol. The van der Waals surface area contributed by atoms with Gasteiger partial charge in [-0.3, -0.25) is 4.79 Å². The first-order valence-electron chi connectivity index (χ1n) is 5.05. The lowest BCUT2D eigenvalue weighted by Crippen LogP contribution is -2.40. The molecule has 0 aromatic carbocycles. The van der Waals surface area contributed by atoms with E-state index in [1.54, 1.807) is 12.4 Å². The van der Waals surface area contributed by atoms with Crippen LogP contribution < -0.4 is 0 Å². The second kappa shape index (κ2) is 4.21. The summed E-state index contributed by atoms with van der Waals surface area (Å²) in [7, 11) is 0. The second-order valence-corrected chi connectivity index (χ2v) is 4.62. The Balaban J connectivity index is 2.22. The van der Waals surface area contributed by atoms with E-state index in [-0.39, 0.29) is 5.91 Å². The molecule has 1 amide bonds. The minimum atomic E-state index is -0.923. The number of carbonyl (C=O) groups excluding carboxylic acids is 1. The molecule has 2 heterocycles. The average molecular weight is 240 g/mol. The molecule has 86 valence electrons. The molecule has 1 saturated heterocycles. The number of amides is 1. The molecule has 1 aliphatic heterocycles. The molecule has 0 aliphatic carbocycles. The maximum Gasteiger partial charge on any atom is 0.326 e. The molecule has 1 fully saturated rings. The van der Waals surface area contributed by atoms with Gasteiger partial charge in [0.1, 0.15) is 10.9 Å². The number of carbonyl (C=O) groups is 2. The van der Waals surface area contributed by atoms with Gasteiger partial charge in [0.25, 0.3) is 5.91 Å². The molecule has 2 rings (SSSR count). The zero-order chi connectivity index (χ0) is 11.7. The number of likely N-dealkylation sites (tertiary alicyclic amines) is 1. The second-order valence-electron chi connectivity index (χ2n) is 3.76. The predicted octanol–water partition coefficient (Wildman–Crippen LogP) is 1.14. The Morgan fingerprint density at radius 3 is 2.94 bits per heavy atom. The summed E-state index contributed by atoms with van der Waals surface area (Å²) >= 11 is 1.26. The van der Waals surface area contributed by atoms with Crippen molar-refractivity contribution in [2.24, 2.45) is 0 Å². The zero-order valence-electron chi connectivity index (χ0n) is 8.84. The first-order chi connectivity index (χ1) is 7.61. The molecule has 1 atom stereocenters.